The summed E-state index contributed by atoms with van der Waals surface area (Å²) >= 11 is 11.5. The van der Waals surface area contributed by atoms with Gasteiger partial charge in [-0.3, -0.25) is 19.8 Å². The summed E-state index contributed by atoms with van der Waals surface area (Å²) in [5.41, 5.74) is 1.19. The van der Waals surface area contributed by atoms with E-state index in [2.05, 4.69) is 10.2 Å². The summed E-state index contributed by atoms with van der Waals surface area (Å²) in [4.78, 5) is 29.2. The normalized spacial score (nSPS) is 19.3. The van der Waals surface area contributed by atoms with Crippen molar-refractivity contribution in [1.29, 1.82) is 0 Å². The first-order valence-electron chi connectivity index (χ1n) is 9.97. The Labute approximate surface area is 185 Å². The van der Waals surface area contributed by atoms with Crippen LogP contribution in [0.15, 0.2) is 40.3 Å². The number of nitrogens with zero attached hydrogens (tertiary/aromatic N) is 2. The Kier molecular flexibility index (Phi) is 5.92. The van der Waals surface area contributed by atoms with Crippen LogP contribution in [0.4, 0.5) is 11.6 Å². The van der Waals surface area contributed by atoms with Crippen molar-refractivity contribution in [3.8, 4) is 0 Å². The standard InChI is InChI=1S/C22H22ClN3O3S/c1-14-17(23)7-6-8-18(14)26-21(28)16(20(27)24-22(26)30)13-15-9-10-19(29-15)25-11-4-2-3-5-12-25/h6-10,13H,2-5,11-12H2,1H3,(H,24,27,30)/b16-13+. The second-order valence-corrected chi connectivity index (χ2v) is 8.21. The Hall–Kier alpha value is -2.64. The van der Waals surface area contributed by atoms with Gasteiger partial charge in [0.05, 0.1) is 5.69 Å². The molecule has 2 amide bonds. The molecule has 30 heavy (non-hydrogen) atoms. The van der Waals surface area contributed by atoms with Gasteiger partial charge >= 0.3 is 0 Å². The molecule has 156 valence electrons. The first-order valence-corrected chi connectivity index (χ1v) is 10.8. The van der Waals surface area contributed by atoms with Gasteiger partial charge in [0.2, 0.25) is 0 Å². The molecule has 2 saturated heterocycles. The molecule has 0 spiro atoms. The molecule has 0 aliphatic carbocycles. The van der Waals surface area contributed by atoms with Crippen LogP contribution in [-0.2, 0) is 9.59 Å². The maximum absolute atomic E-state index is 13.2. The third kappa shape index (κ3) is 4.00. The van der Waals surface area contributed by atoms with Crippen LogP contribution in [0.5, 0.6) is 0 Å². The van der Waals surface area contributed by atoms with Gasteiger partial charge in [-0.15, -0.1) is 0 Å². The van der Waals surface area contributed by atoms with Gasteiger partial charge in [0.1, 0.15) is 11.3 Å². The SMILES string of the molecule is Cc1c(Cl)cccc1N1C(=O)/C(=C/c2ccc(N3CCCCCC3)o2)C(=O)NC1=S. The summed E-state index contributed by atoms with van der Waals surface area (Å²) in [6, 6.07) is 8.87. The van der Waals surface area contributed by atoms with Gasteiger partial charge in [0.15, 0.2) is 11.0 Å². The van der Waals surface area contributed by atoms with Crippen molar-refractivity contribution in [2.45, 2.75) is 32.6 Å². The van der Waals surface area contributed by atoms with Crippen LogP contribution in [0, 0.1) is 6.92 Å². The summed E-state index contributed by atoms with van der Waals surface area (Å²) in [7, 11) is 0. The second-order valence-electron chi connectivity index (χ2n) is 7.42. The maximum atomic E-state index is 13.2. The maximum Gasteiger partial charge on any atom is 0.270 e. The average Bonchev–Trinajstić information content (AvgIpc) is 3.00. The minimum absolute atomic E-state index is 0.0252. The molecule has 2 aliphatic rings. The lowest BCUT2D eigenvalue weighted by Gasteiger charge is -2.30. The molecule has 1 aromatic carbocycles. The first-order chi connectivity index (χ1) is 14.5. The van der Waals surface area contributed by atoms with E-state index in [1.165, 1.54) is 23.8 Å². The van der Waals surface area contributed by atoms with Gasteiger partial charge in [0, 0.05) is 24.2 Å². The molecule has 0 radical (unpaired) electrons. The molecule has 8 heteroatoms. The molecule has 6 nitrogen and oxygen atoms in total. The highest BCUT2D eigenvalue weighted by molar-refractivity contribution is 7.80. The van der Waals surface area contributed by atoms with Crippen LogP contribution < -0.4 is 15.1 Å². The van der Waals surface area contributed by atoms with Crippen LogP contribution in [0.25, 0.3) is 6.08 Å². The van der Waals surface area contributed by atoms with Crippen molar-refractivity contribution in [1.82, 2.24) is 5.32 Å². The molecule has 2 fully saturated rings. The Bertz CT molecular complexity index is 1040. The summed E-state index contributed by atoms with van der Waals surface area (Å²) in [5.74, 6) is 0.143. The Morgan fingerprint density at radius 2 is 1.83 bits per heavy atom. The smallest absolute Gasteiger partial charge is 0.270 e. The fraction of sp³-hybridized carbons (Fsp3) is 0.318. The molecular formula is C22H22ClN3O3S. The Morgan fingerprint density at radius 3 is 2.57 bits per heavy atom. The molecule has 1 aromatic heterocycles. The van der Waals surface area contributed by atoms with Crippen molar-refractivity contribution in [2.24, 2.45) is 0 Å². The molecule has 0 atom stereocenters. The second kappa shape index (κ2) is 8.62. The van der Waals surface area contributed by atoms with Gasteiger partial charge in [-0.25, -0.2) is 0 Å². The lowest BCUT2D eigenvalue weighted by atomic mass is 10.1. The number of hydrogen-bond acceptors (Lipinski definition) is 5. The molecule has 2 aliphatic heterocycles. The summed E-state index contributed by atoms with van der Waals surface area (Å²) < 4.78 is 5.93. The molecule has 1 N–H and O–H groups in total. The van der Waals surface area contributed by atoms with E-state index in [4.69, 9.17) is 28.2 Å². The third-order valence-electron chi connectivity index (χ3n) is 5.40. The van der Waals surface area contributed by atoms with E-state index in [1.807, 2.05) is 6.07 Å². The zero-order valence-corrected chi connectivity index (χ0v) is 18.2. The van der Waals surface area contributed by atoms with Crippen molar-refractivity contribution >= 4 is 58.4 Å². The third-order valence-corrected chi connectivity index (χ3v) is 6.09. The predicted molar refractivity (Wildman–Crippen MR) is 122 cm³/mol. The molecule has 3 heterocycles. The van der Waals surface area contributed by atoms with Crippen LogP contribution in [-0.4, -0.2) is 30.0 Å². The molecule has 0 bridgehead atoms. The fourth-order valence-corrected chi connectivity index (χ4v) is 4.18. The largest absolute Gasteiger partial charge is 0.441 e. The van der Waals surface area contributed by atoms with Gasteiger partial charge < -0.3 is 9.32 Å². The fourth-order valence-electron chi connectivity index (χ4n) is 3.74. The van der Waals surface area contributed by atoms with Crippen LogP contribution in [0.3, 0.4) is 0 Å². The average molecular weight is 444 g/mol. The number of nitrogens with one attached hydrogen (secondary N) is 1. The number of carbonyl (C=O) groups is 2. The first kappa shape index (κ1) is 20.6. The van der Waals surface area contributed by atoms with E-state index < -0.39 is 11.8 Å². The number of benzene rings is 1. The Balaban J connectivity index is 1.64. The number of carbonyl (C=O) groups excluding carboxylic acids is 2. The molecule has 0 saturated carbocycles. The zero-order chi connectivity index (χ0) is 21.3. The summed E-state index contributed by atoms with van der Waals surface area (Å²) in [6.07, 6.45) is 6.17. The van der Waals surface area contributed by atoms with Crippen LogP contribution in [0.2, 0.25) is 5.02 Å². The highest BCUT2D eigenvalue weighted by Gasteiger charge is 2.35. The number of thiocarbonyl (C=S) groups is 1. The van der Waals surface area contributed by atoms with E-state index in [1.54, 1.807) is 31.2 Å². The molecule has 4 rings (SSSR count). The highest BCUT2D eigenvalue weighted by Crippen LogP contribution is 2.30. The van der Waals surface area contributed by atoms with Crippen molar-refractivity contribution in [3.63, 3.8) is 0 Å². The highest BCUT2D eigenvalue weighted by atomic mass is 35.5. The summed E-state index contributed by atoms with van der Waals surface area (Å²) in [5, 5.41) is 3.13. The van der Waals surface area contributed by atoms with Crippen molar-refractivity contribution in [3.05, 3.63) is 52.3 Å². The van der Waals surface area contributed by atoms with E-state index in [-0.39, 0.29) is 10.7 Å². The monoisotopic (exact) mass is 443 g/mol. The van der Waals surface area contributed by atoms with E-state index in [0.29, 0.717) is 22.0 Å². The molecule has 2 aromatic rings. The number of rotatable bonds is 3. The van der Waals surface area contributed by atoms with E-state index >= 15 is 0 Å². The molecular weight excluding hydrogens is 422 g/mol. The number of hydrogen-bond donors (Lipinski definition) is 1. The number of furan rings is 1. The van der Waals surface area contributed by atoms with Crippen molar-refractivity contribution in [2.75, 3.05) is 22.9 Å². The number of anilines is 2. The number of halogens is 1. The zero-order valence-electron chi connectivity index (χ0n) is 16.6. The predicted octanol–water partition coefficient (Wildman–Crippen LogP) is 4.45. The van der Waals surface area contributed by atoms with Gasteiger partial charge in [-0.05, 0) is 61.8 Å². The van der Waals surface area contributed by atoms with E-state index in [0.717, 1.165) is 31.8 Å². The van der Waals surface area contributed by atoms with E-state index in [9.17, 15) is 9.59 Å². The van der Waals surface area contributed by atoms with Crippen LogP contribution in [0.1, 0.15) is 37.0 Å². The summed E-state index contributed by atoms with van der Waals surface area (Å²) in [6.45, 7) is 3.69. The quantitative estimate of drug-likeness (QED) is 0.431. The van der Waals surface area contributed by atoms with Crippen molar-refractivity contribution < 1.29 is 14.0 Å². The minimum atomic E-state index is -0.548. The van der Waals surface area contributed by atoms with Gasteiger partial charge in [-0.1, -0.05) is 30.5 Å². The lowest BCUT2D eigenvalue weighted by molar-refractivity contribution is -0.122. The topological polar surface area (TPSA) is 65.8 Å². The van der Waals surface area contributed by atoms with Gasteiger partial charge in [-0.2, -0.15) is 0 Å². The number of amides is 2. The molecule has 0 unspecified atom stereocenters. The minimum Gasteiger partial charge on any atom is -0.441 e. The van der Waals surface area contributed by atoms with Gasteiger partial charge in [0.25, 0.3) is 11.8 Å². The lowest BCUT2D eigenvalue weighted by Crippen LogP contribution is -2.54. The van der Waals surface area contributed by atoms with Crippen LogP contribution >= 0.6 is 23.8 Å². The Morgan fingerprint density at radius 1 is 1.10 bits per heavy atom.